The summed E-state index contributed by atoms with van der Waals surface area (Å²) in [6.45, 7) is 7.71. The Morgan fingerprint density at radius 1 is 1.27 bits per heavy atom. The normalized spacial score (nSPS) is 14.5. The summed E-state index contributed by atoms with van der Waals surface area (Å²) < 4.78 is 0. The molecule has 4 N–H and O–H groups in total. The lowest BCUT2D eigenvalue weighted by molar-refractivity contribution is -0.141. The highest BCUT2D eigenvalue weighted by Gasteiger charge is 2.36. The van der Waals surface area contributed by atoms with E-state index in [1.807, 2.05) is 0 Å². The molecule has 0 aliphatic carbocycles. The predicted molar refractivity (Wildman–Crippen MR) is 56.9 cm³/mol. The molecule has 88 valence electrons. The van der Waals surface area contributed by atoms with Gasteiger partial charge >= 0.3 is 0 Å². The number of hydrogen-bond acceptors (Lipinski definition) is 3. The van der Waals surface area contributed by atoms with Gasteiger partial charge in [0.1, 0.15) is 5.41 Å². The Bertz CT molecular complexity index is 266. The predicted octanol–water partition coefficient (Wildman–Crippen LogP) is -0.226. The topological polar surface area (TPSA) is 92.4 Å². The maximum Gasteiger partial charge on any atom is 0.235 e. The molecule has 0 aliphatic heterocycles. The van der Waals surface area contributed by atoms with Gasteiger partial charge in [-0.15, -0.1) is 0 Å². The van der Waals surface area contributed by atoms with Crippen molar-refractivity contribution in [2.24, 2.45) is 11.1 Å². The molecule has 0 radical (unpaired) electrons. The lowest BCUT2D eigenvalue weighted by Gasteiger charge is -2.30. The lowest BCUT2D eigenvalue weighted by Crippen LogP contribution is -2.53. The van der Waals surface area contributed by atoms with Crippen LogP contribution in [0.25, 0.3) is 0 Å². The molecular formula is C10H20N2O3. The zero-order valence-electron chi connectivity index (χ0n) is 9.92. The number of aliphatic hydroxyl groups is 1. The van der Waals surface area contributed by atoms with Gasteiger partial charge in [0, 0.05) is 0 Å². The fourth-order valence-corrected chi connectivity index (χ4v) is 0.666. The summed E-state index contributed by atoms with van der Waals surface area (Å²) >= 11 is 0. The molecule has 0 aromatic rings. The van der Waals surface area contributed by atoms with E-state index in [2.05, 4.69) is 5.32 Å². The van der Waals surface area contributed by atoms with Gasteiger partial charge in [-0.05, 0) is 34.6 Å². The Morgan fingerprint density at radius 3 is 1.93 bits per heavy atom. The van der Waals surface area contributed by atoms with Crippen molar-refractivity contribution < 1.29 is 14.7 Å². The van der Waals surface area contributed by atoms with Gasteiger partial charge in [0.25, 0.3) is 0 Å². The number of amides is 2. The van der Waals surface area contributed by atoms with E-state index >= 15 is 0 Å². The van der Waals surface area contributed by atoms with Crippen LogP contribution in [0.4, 0.5) is 0 Å². The molecule has 15 heavy (non-hydrogen) atoms. The third-order valence-electron chi connectivity index (χ3n) is 2.59. The second kappa shape index (κ2) is 4.18. The van der Waals surface area contributed by atoms with Crippen molar-refractivity contribution in [3.8, 4) is 0 Å². The SMILES string of the molecule is C[C@@H](NC(=O)C(C)(C)C(N)=O)C(C)(C)O. The molecule has 1 atom stereocenters. The minimum absolute atomic E-state index is 0.455. The molecule has 0 saturated heterocycles. The van der Waals surface area contributed by atoms with Crippen molar-refractivity contribution in [2.75, 3.05) is 0 Å². The summed E-state index contributed by atoms with van der Waals surface area (Å²) in [7, 11) is 0. The average molecular weight is 216 g/mol. The molecular weight excluding hydrogens is 196 g/mol. The van der Waals surface area contributed by atoms with Crippen molar-refractivity contribution in [1.29, 1.82) is 0 Å². The van der Waals surface area contributed by atoms with E-state index in [1.54, 1.807) is 20.8 Å². The molecule has 2 amide bonds. The molecule has 5 nitrogen and oxygen atoms in total. The molecule has 0 unspecified atom stereocenters. The van der Waals surface area contributed by atoms with Crippen LogP contribution in [0.3, 0.4) is 0 Å². The minimum atomic E-state index is -1.26. The zero-order valence-corrected chi connectivity index (χ0v) is 9.92. The van der Waals surface area contributed by atoms with Crippen molar-refractivity contribution >= 4 is 11.8 Å². The molecule has 0 spiro atoms. The Kier molecular flexibility index (Phi) is 3.88. The monoisotopic (exact) mass is 216 g/mol. The maximum absolute atomic E-state index is 11.6. The van der Waals surface area contributed by atoms with E-state index in [0.29, 0.717) is 0 Å². The first-order valence-corrected chi connectivity index (χ1v) is 4.83. The highest BCUT2D eigenvalue weighted by molar-refractivity contribution is 6.03. The fraction of sp³-hybridized carbons (Fsp3) is 0.800. The van der Waals surface area contributed by atoms with Gasteiger partial charge in [0.05, 0.1) is 11.6 Å². The minimum Gasteiger partial charge on any atom is -0.388 e. The van der Waals surface area contributed by atoms with Gasteiger partial charge in [-0.2, -0.15) is 0 Å². The number of primary amides is 1. The van der Waals surface area contributed by atoms with Crippen LogP contribution >= 0.6 is 0 Å². The van der Waals surface area contributed by atoms with Crippen LogP contribution in [0, 0.1) is 5.41 Å². The first-order chi connectivity index (χ1) is 6.49. The third-order valence-corrected chi connectivity index (χ3v) is 2.59. The molecule has 0 fully saturated rings. The summed E-state index contributed by atoms with van der Waals surface area (Å²) in [5.74, 6) is -1.17. The number of hydrogen-bond donors (Lipinski definition) is 3. The standard InChI is InChI=1S/C10H20N2O3/c1-6(10(4,5)15)12-8(14)9(2,3)7(11)13/h6,15H,1-5H3,(H2,11,13)(H,12,14)/t6-/m1/s1. The lowest BCUT2D eigenvalue weighted by atomic mass is 9.90. The Balaban J connectivity index is 4.58. The number of carbonyl (C=O) groups excluding carboxylic acids is 2. The first-order valence-electron chi connectivity index (χ1n) is 4.83. The van der Waals surface area contributed by atoms with E-state index in [1.165, 1.54) is 13.8 Å². The van der Waals surface area contributed by atoms with Crippen LogP contribution in [0.1, 0.15) is 34.6 Å². The van der Waals surface area contributed by atoms with Gasteiger partial charge in [0.2, 0.25) is 11.8 Å². The molecule has 0 aromatic heterocycles. The Labute approximate surface area is 90.0 Å². The zero-order chi connectivity index (χ0) is 12.4. The molecule has 0 saturated carbocycles. The van der Waals surface area contributed by atoms with Gasteiger partial charge < -0.3 is 16.2 Å². The van der Waals surface area contributed by atoms with Crippen LogP contribution in [0.15, 0.2) is 0 Å². The van der Waals surface area contributed by atoms with Crippen molar-refractivity contribution in [1.82, 2.24) is 5.32 Å². The Hall–Kier alpha value is -1.10. The largest absolute Gasteiger partial charge is 0.388 e. The van der Waals surface area contributed by atoms with Crippen molar-refractivity contribution in [3.05, 3.63) is 0 Å². The van der Waals surface area contributed by atoms with Gasteiger partial charge in [0.15, 0.2) is 0 Å². The molecule has 5 heteroatoms. The van der Waals surface area contributed by atoms with Crippen LogP contribution in [-0.2, 0) is 9.59 Å². The number of carbonyl (C=O) groups is 2. The summed E-state index contributed by atoms with van der Waals surface area (Å²) in [6, 6.07) is -0.455. The molecule has 0 bridgehead atoms. The van der Waals surface area contributed by atoms with Crippen LogP contribution < -0.4 is 11.1 Å². The molecule has 0 rings (SSSR count). The van der Waals surface area contributed by atoms with Crippen LogP contribution in [-0.4, -0.2) is 28.6 Å². The second-order valence-corrected chi connectivity index (χ2v) is 4.84. The van der Waals surface area contributed by atoms with Crippen LogP contribution in [0.2, 0.25) is 0 Å². The highest BCUT2D eigenvalue weighted by Crippen LogP contribution is 2.16. The summed E-state index contributed by atoms with van der Waals surface area (Å²) in [5.41, 5.74) is 2.79. The summed E-state index contributed by atoms with van der Waals surface area (Å²) in [5, 5.41) is 12.2. The molecule has 0 aliphatic rings. The number of nitrogens with two attached hydrogens (primary N) is 1. The van der Waals surface area contributed by atoms with E-state index in [0.717, 1.165) is 0 Å². The van der Waals surface area contributed by atoms with E-state index in [-0.39, 0.29) is 0 Å². The second-order valence-electron chi connectivity index (χ2n) is 4.84. The van der Waals surface area contributed by atoms with Crippen molar-refractivity contribution in [2.45, 2.75) is 46.3 Å². The highest BCUT2D eigenvalue weighted by atomic mass is 16.3. The van der Waals surface area contributed by atoms with E-state index < -0.39 is 28.9 Å². The first kappa shape index (κ1) is 13.9. The van der Waals surface area contributed by atoms with E-state index in [9.17, 15) is 14.7 Å². The third kappa shape index (κ3) is 3.51. The quantitative estimate of drug-likeness (QED) is 0.567. The summed E-state index contributed by atoms with van der Waals surface area (Å²) in [6.07, 6.45) is 0. The van der Waals surface area contributed by atoms with E-state index in [4.69, 9.17) is 5.73 Å². The Morgan fingerprint density at radius 2 is 1.67 bits per heavy atom. The van der Waals surface area contributed by atoms with Gasteiger partial charge in [-0.1, -0.05) is 0 Å². The van der Waals surface area contributed by atoms with Crippen LogP contribution in [0.5, 0.6) is 0 Å². The smallest absolute Gasteiger partial charge is 0.235 e. The maximum atomic E-state index is 11.6. The van der Waals surface area contributed by atoms with Gasteiger partial charge in [-0.3, -0.25) is 9.59 Å². The van der Waals surface area contributed by atoms with Crippen molar-refractivity contribution in [3.63, 3.8) is 0 Å². The number of nitrogens with one attached hydrogen (secondary N) is 1. The number of rotatable bonds is 4. The van der Waals surface area contributed by atoms with Gasteiger partial charge in [-0.25, -0.2) is 0 Å². The average Bonchev–Trinajstić information content (AvgIpc) is 2.01. The fourth-order valence-electron chi connectivity index (χ4n) is 0.666. The molecule has 0 aromatic carbocycles. The summed E-state index contributed by atoms with van der Waals surface area (Å²) in [4.78, 5) is 22.6. The molecule has 0 heterocycles.